The molecule has 0 amide bonds. The third-order valence-corrected chi connectivity index (χ3v) is 5.96. The van der Waals surface area contributed by atoms with Crippen molar-refractivity contribution >= 4 is 0 Å². The average molecular weight is 437 g/mol. The van der Waals surface area contributed by atoms with Gasteiger partial charge in [0, 0.05) is 18.0 Å². The summed E-state index contributed by atoms with van der Waals surface area (Å²) < 4.78 is 5.88. The van der Waals surface area contributed by atoms with Crippen LogP contribution in [0, 0.1) is 0 Å². The van der Waals surface area contributed by atoms with Crippen molar-refractivity contribution in [3.63, 3.8) is 0 Å². The van der Waals surface area contributed by atoms with Crippen LogP contribution in [0.15, 0.2) is 49.3 Å². The molecule has 0 aliphatic rings. The molecule has 3 nitrogen and oxygen atoms in total. The van der Waals surface area contributed by atoms with Crippen LogP contribution in [0.5, 0.6) is 5.75 Å². The molecule has 0 spiro atoms. The van der Waals surface area contributed by atoms with E-state index in [4.69, 9.17) is 4.74 Å². The fourth-order valence-electron chi connectivity index (χ4n) is 3.91. The minimum Gasteiger partial charge on any atom is -0.494 e. The zero-order valence-corrected chi connectivity index (χ0v) is 20.4. The number of aryl methyl sites for hydroxylation is 1. The van der Waals surface area contributed by atoms with Crippen molar-refractivity contribution in [2.24, 2.45) is 0 Å². The highest BCUT2D eigenvalue weighted by Crippen LogP contribution is 2.20. The molecule has 0 aliphatic heterocycles. The van der Waals surface area contributed by atoms with Crippen LogP contribution >= 0.6 is 0 Å². The molecule has 0 fully saturated rings. The second-order valence-electron chi connectivity index (χ2n) is 8.86. The molecule has 0 unspecified atom stereocenters. The lowest BCUT2D eigenvalue weighted by molar-refractivity contribution is 0.304. The highest BCUT2D eigenvalue weighted by atomic mass is 16.5. The van der Waals surface area contributed by atoms with E-state index in [0.29, 0.717) is 0 Å². The van der Waals surface area contributed by atoms with E-state index < -0.39 is 0 Å². The Hall–Kier alpha value is -2.16. The maximum atomic E-state index is 5.88. The van der Waals surface area contributed by atoms with E-state index in [1.165, 1.54) is 82.6 Å². The monoisotopic (exact) mass is 436 g/mol. The SMILES string of the molecule is C=CCCCCCCCOc1ccc(-c2ncc(CCCCCCCCCC)cn2)cc1. The molecule has 0 radical (unpaired) electrons. The summed E-state index contributed by atoms with van der Waals surface area (Å²) in [5.74, 6) is 1.71. The Labute approximate surface area is 196 Å². The largest absolute Gasteiger partial charge is 0.494 e. The van der Waals surface area contributed by atoms with Crippen LogP contribution in [-0.2, 0) is 6.42 Å². The van der Waals surface area contributed by atoms with E-state index in [9.17, 15) is 0 Å². The molecule has 2 rings (SSSR count). The van der Waals surface area contributed by atoms with Gasteiger partial charge in [-0.25, -0.2) is 9.97 Å². The van der Waals surface area contributed by atoms with Gasteiger partial charge < -0.3 is 4.74 Å². The van der Waals surface area contributed by atoms with Crippen molar-refractivity contribution in [1.29, 1.82) is 0 Å². The molecule has 0 saturated carbocycles. The Morgan fingerprint density at radius 2 is 1.34 bits per heavy atom. The summed E-state index contributed by atoms with van der Waals surface area (Å²) in [6.07, 6.45) is 25.1. The van der Waals surface area contributed by atoms with Crippen molar-refractivity contribution in [2.45, 2.75) is 103 Å². The van der Waals surface area contributed by atoms with Gasteiger partial charge in [-0.15, -0.1) is 6.58 Å². The minimum atomic E-state index is 0.782. The zero-order chi connectivity index (χ0) is 22.7. The van der Waals surface area contributed by atoms with E-state index >= 15 is 0 Å². The molecular formula is C29H44N2O. The zero-order valence-electron chi connectivity index (χ0n) is 20.4. The fourth-order valence-corrected chi connectivity index (χ4v) is 3.91. The first-order valence-corrected chi connectivity index (χ1v) is 13.0. The Balaban J connectivity index is 1.61. The van der Waals surface area contributed by atoms with Crippen LogP contribution in [0.25, 0.3) is 11.4 Å². The summed E-state index contributed by atoms with van der Waals surface area (Å²) in [5, 5.41) is 0. The molecular weight excluding hydrogens is 392 g/mol. The van der Waals surface area contributed by atoms with Crippen LogP contribution in [0.3, 0.4) is 0 Å². The van der Waals surface area contributed by atoms with Crippen molar-refractivity contribution in [1.82, 2.24) is 9.97 Å². The van der Waals surface area contributed by atoms with Crippen molar-refractivity contribution in [2.75, 3.05) is 6.61 Å². The standard InChI is InChI=1S/C29H44N2O/c1-3-5-7-9-11-12-14-16-18-26-24-30-29(31-25-26)27-19-21-28(22-20-27)32-23-17-15-13-10-8-6-4-2/h4,19-22,24-25H,2-3,5-18,23H2,1H3. The van der Waals surface area contributed by atoms with E-state index in [1.54, 1.807) is 0 Å². The lowest BCUT2D eigenvalue weighted by Crippen LogP contribution is -1.97. The van der Waals surface area contributed by atoms with E-state index in [1.807, 2.05) is 30.6 Å². The highest BCUT2D eigenvalue weighted by molar-refractivity contribution is 5.55. The number of unbranched alkanes of at least 4 members (excludes halogenated alkanes) is 12. The summed E-state index contributed by atoms with van der Waals surface area (Å²) in [7, 11) is 0. The first-order valence-electron chi connectivity index (χ1n) is 13.0. The van der Waals surface area contributed by atoms with Gasteiger partial charge in [-0.2, -0.15) is 0 Å². The molecule has 0 N–H and O–H groups in total. The van der Waals surface area contributed by atoms with E-state index in [0.717, 1.165) is 43.0 Å². The maximum Gasteiger partial charge on any atom is 0.159 e. The predicted octanol–water partition coefficient (Wildman–Crippen LogP) is 8.73. The molecule has 1 aromatic carbocycles. The molecule has 0 atom stereocenters. The van der Waals surface area contributed by atoms with Crippen LogP contribution in [0.2, 0.25) is 0 Å². The number of rotatable bonds is 19. The number of nitrogens with zero attached hydrogens (tertiary/aromatic N) is 2. The number of allylic oxidation sites excluding steroid dienone is 1. The van der Waals surface area contributed by atoms with Gasteiger partial charge in [0.2, 0.25) is 0 Å². The summed E-state index contributed by atoms with van der Waals surface area (Å²) in [4.78, 5) is 9.17. The number of ether oxygens (including phenoxy) is 1. The summed E-state index contributed by atoms with van der Waals surface area (Å²) in [6, 6.07) is 8.16. The van der Waals surface area contributed by atoms with E-state index in [-0.39, 0.29) is 0 Å². The summed E-state index contributed by atoms with van der Waals surface area (Å²) in [6.45, 7) is 6.82. The maximum absolute atomic E-state index is 5.88. The Morgan fingerprint density at radius 3 is 2.00 bits per heavy atom. The fraction of sp³-hybridized carbons (Fsp3) is 0.586. The number of hydrogen-bond acceptors (Lipinski definition) is 3. The molecule has 1 aromatic heterocycles. The number of hydrogen-bond donors (Lipinski definition) is 0. The summed E-state index contributed by atoms with van der Waals surface area (Å²) in [5.41, 5.74) is 2.28. The normalized spacial score (nSPS) is 10.9. The van der Waals surface area contributed by atoms with Crippen LogP contribution < -0.4 is 4.74 Å². The van der Waals surface area contributed by atoms with E-state index in [2.05, 4.69) is 35.6 Å². The molecule has 0 bridgehead atoms. The van der Waals surface area contributed by atoms with Gasteiger partial charge in [0.1, 0.15) is 5.75 Å². The smallest absolute Gasteiger partial charge is 0.159 e. The minimum absolute atomic E-state index is 0.782. The Morgan fingerprint density at radius 1 is 0.750 bits per heavy atom. The van der Waals surface area contributed by atoms with Crippen LogP contribution in [-0.4, -0.2) is 16.6 Å². The van der Waals surface area contributed by atoms with Crippen LogP contribution in [0.4, 0.5) is 0 Å². The molecule has 2 aromatic rings. The topological polar surface area (TPSA) is 35.0 Å². The van der Waals surface area contributed by atoms with Crippen molar-refractivity contribution < 1.29 is 4.74 Å². The van der Waals surface area contributed by atoms with Gasteiger partial charge in [-0.1, -0.05) is 77.2 Å². The van der Waals surface area contributed by atoms with Crippen molar-refractivity contribution in [3.8, 4) is 17.1 Å². The van der Waals surface area contributed by atoms with Gasteiger partial charge in [-0.05, 0) is 61.9 Å². The lowest BCUT2D eigenvalue weighted by atomic mass is 10.1. The lowest BCUT2D eigenvalue weighted by Gasteiger charge is -2.07. The number of aromatic nitrogens is 2. The van der Waals surface area contributed by atoms with Gasteiger partial charge in [0.25, 0.3) is 0 Å². The first kappa shape index (κ1) is 26.1. The molecule has 176 valence electrons. The van der Waals surface area contributed by atoms with Crippen molar-refractivity contribution in [3.05, 3.63) is 54.9 Å². The van der Waals surface area contributed by atoms with Gasteiger partial charge in [0.15, 0.2) is 5.82 Å². The quantitative estimate of drug-likeness (QED) is 0.163. The molecule has 1 heterocycles. The molecule has 0 aliphatic carbocycles. The Kier molecular flexibility index (Phi) is 14.2. The second-order valence-corrected chi connectivity index (χ2v) is 8.86. The Bertz CT molecular complexity index is 709. The first-order chi connectivity index (χ1) is 15.8. The molecule has 32 heavy (non-hydrogen) atoms. The predicted molar refractivity (Wildman–Crippen MR) is 137 cm³/mol. The molecule has 3 heteroatoms. The summed E-state index contributed by atoms with van der Waals surface area (Å²) >= 11 is 0. The third-order valence-electron chi connectivity index (χ3n) is 5.96. The highest BCUT2D eigenvalue weighted by Gasteiger charge is 2.03. The third kappa shape index (κ3) is 11.5. The molecule has 0 saturated heterocycles. The van der Waals surface area contributed by atoms with Gasteiger partial charge in [-0.3, -0.25) is 0 Å². The average Bonchev–Trinajstić information content (AvgIpc) is 2.83. The van der Waals surface area contributed by atoms with Gasteiger partial charge >= 0.3 is 0 Å². The second kappa shape index (κ2) is 17.4. The number of benzene rings is 1. The van der Waals surface area contributed by atoms with Gasteiger partial charge in [0.05, 0.1) is 6.61 Å². The van der Waals surface area contributed by atoms with Crippen LogP contribution in [0.1, 0.15) is 102 Å².